The Morgan fingerprint density at radius 2 is 0.828 bits per heavy atom. The molecule has 0 fully saturated rings. The van der Waals surface area contributed by atoms with Crippen molar-refractivity contribution in [3.05, 3.63) is 229 Å². The van der Waals surface area contributed by atoms with Crippen molar-refractivity contribution in [1.82, 2.24) is 9.97 Å². The van der Waals surface area contributed by atoms with Gasteiger partial charge in [-0.25, -0.2) is 9.97 Å². The van der Waals surface area contributed by atoms with Crippen LogP contribution in [-0.4, -0.2) is 9.97 Å². The smallest absolute Gasteiger partial charge is 0.160 e. The molecule has 3 heterocycles. The third-order valence-corrected chi connectivity index (χ3v) is 13.4. The van der Waals surface area contributed by atoms with Crippen molar-refractivity contribution >= 4 is 43.9 Å². The van der Waals surface area contributed by atoms with Crippen molar-refractivity contribution in [3.8, 4) is 67.3 Å². The van der Waals surface area contributed by atoms with E-state index in [2.05, 4.69) is 177 Å². The molecule has 0 N–H and O–H groups in total. The first kappa shape index (κ1) is 36.3. The lowest BCUT2D eigenvalue weighted by Gasteiger charge is -2.28. The van der Waals surface area contributed by atoms with Crippen LogP contribution in [0.1, 0.15) is 23.6 Å². The highest BCUT2D eigenvalue weighted by Crippen LogP contribution is 2.53. The van der Waals surface area contributed by atoms with E-state index in [9.17, 15) is 0 Å². The van der Waals surface area contributed by atoms with Crippen molar-refractivity contribution in [2.24, 2.45) is 0 Å². The Hall–Kier alpha value is -8.34. The zero-order valence-corrected chi connectivity index (χ0v) is 34.9. The van der Waals surface area contributed by atoms with Gasteiger partial charge in [0.2, 0.25) is 0 Å². The highest BCUT2D eigenvalue weighted by molar-refractivity contribution is 6.08. The predicted octanol–water partition coefficient (Wildman–Crippen LogP) is 15.9. The standard InChI is InChI=1S/C60H38N2O2/c1-60(44-16-6-3-7-17-44)51-21-11-8-18-45(51)46-27-24-40(35-52(46)60)53-36-54(62-59(61-53)37-14-4-2-5-15-37)43-31-41(38-25-28-57-49(33-38)47-19-9-12-22-55(47)63-57)30-42(32-43)39-26-29-58-50(34-39)48-20-10-13-23-56(48)64-58/h2-36H,1H3. The summed E-state index contributed by atoms with van der Waals surface area (Å²) in [5.74, 6) is 0.673. The Labute approximate surface area is 369 Å². The van der Waals surface area contributed by atoms with Gasteiger partial charge in [0.05, 0.1) is 11.4 Å². The van der Waals surface area contributed by atoms with Crippen molar-refractivity contribution in [2.45, 2.75) is 12.3 Å². The van der Waals surface area contributed by atoms with Gasteiger partial charge in [-0.15, -0.1) is 0 Å². The van der Waals surface area contributed by atoms with Gasteiger partial charge < -0.3 is 8.83 Å². The number of aromatic nitrogens is 2. The first-order valence-electron chi connectivity index (χ1n) is 21.8. The van der Waals surface area contributed by atoms with E-state index in [1.165, 1.54) is 27.8 Å². The molecule has 1 unspecified atom stereocenters. The molecule has 3 aromatic heterocycles. The summed E-state index contributed by atoms with van der Waals surface area (Å²) in [6.07, 6.45) is 0. The molecule has 0 saturated carbocycles. The van der Waals surface area contributed by atoms with Gasteiger partial charge in [-0.3, -0.25) is 0 Å². The van der Waals surface area contributed by atoms with E-state index in [0.717, 1.165) is 94.2 Å². The molecule has 64 heavy (non-hydrogen) atoms. The lowest BCUT2D eigenvalue weighted by atomic mass is 9.74. The molecule has 13 rings (SSSR count). The van der Waals surface area contributed by atoms with Gasteiger partial charge in [0.1, 0.15) is 22.3 Å². The van der Waals surface area contributed by atoms with E-state index < -0.39 is 0 Å². The molecule has 0 saturated heterocycles. The quantitative estimate of drug-likeness (QED) is 0.168. The van der Waals surface area contributed by atoms with Gasteiger partial charge in [0.15, 0.2) is 5.82 Å². The van der Waals surface area contributed by atoms with Crippen LogP contribution in [0.4, 0.5) is 0 Å². The van der Waals surface area contributed by atoms with Crippen LogP contribution in [0.3, 0.4) is 0 Å². The monoisotopic (exact) mass is 818 g/mol. The molecule has 1 aliphatic carbocycles. The number of hydrogen-bond acceptors (Lipinski definition) is 4. The van der Waals surface area contributed by atoms with E-state index in [1.807, 2.05) is 42.5 Å². The van der Waals surface area contributed by atoms with Crippen LogP contribution in [0.25, 0.3) is 111 Å². The van der Waals surface area contributed by atoms with Crippen LogP contribution in [0.5, 0.6) is 0 Å². The molecule has 0 aliphatic heterocycles. The van der Waals surface area contributed by atoms with Crippen molar-refractivity contribution in [3.63, 3.8) is 0 Å². The van der Waals surface area contributed by atoms with Crippen LogP contribution in [0.2, 0.25) is 0 Å². The molecule has 0 bridgehead atoms. The normalized spacial score (nSPS) is 14.4. The fraction of sp³-hybridized carbons (Fsp3) is 0.0333. The molecule has 1 atom stereocenters. The van der Waals surface area contributed by atoms with Gasteiger partial charge in [0.25, 0.3) is 0 Å². The maximum Gasteiger partial charge on any atom is 0.160 e. The molecule has 300 valence electrons. The minimum atomic E-state index is -0.340. The molecule has 4 nitrogen and oxygen atoms in total. The van der Waals surface area contributed by atoms with Crippen LogP contribution in [0.15, 0.2) is 221 Å². The van der Waals surface area contributed by atoms with Crippen LogP contribution >= 0.6 is 0 Å². The number of fused-ring (bicyclic) bond motifs is 9. The molecule has 0 radical (unpaired) electrons. The number of furan rings is 2. The fourth-order valence-electron chi connectivity index (χ4n) is 10.1. The van der Waals surface area contributed by atoms with Crippen LogP contribution in [0, 0.1) is 0 Å². The molecular formula is C60H38N2O2. The first-order chi connectivity index (χ1) is 31.5. The van der Waals surface area contributed by atoms with Gasteiger partial charge in [-0.05, 0) is 124 Å². The van der Waals surface area contributed by atoms with Crippen LogP contribution in [-0.2, 0) is 5.41 Å². The number of nitrogens with zero attached hydrogens (tertiary/aromatic N) is 2. The fourth-order valence-corrected chi connectivity index (χ4v) is 10.1. The van der Waals surface area contributed by atoms with E-state index in [-0.39, 0.29) is 5.41 Å². The summed E-state index contributed by atoms with van der Waals surface area (Å²) in [6, 6.07) is 75.4. The minimum absolute atomic E-state index is 0.340. The summed E-state index contributed by atoms with van der Waals surface area (Å²) in [5, 5.41) is 4.37. The number of rotatable bonds is 6. The Balaban J connectivity index is 1.03. The molecule has 1 aliphatic rings. The number of benzene rings is 9. The summed E-state index contributed by atoms with van der Waals surface area (Å²) in [7, 11) is 0. The second-order valence-corrected chi connectivity index (χ2v) is 17.0. The van der Waals surface area contributed by atoms with E-state index >= 15 is 0 Å². The van der Waals surface area contributed by atoms with Crippen molar-refractivity contribution < 1.29 is 8.83 Å². The van der Waals surface area contributed by atoms with Gasteiger partial charge >= 0.3 is 0 Å². The number of para-hydroxylation sites is 2. The summed E-state index contributed by atoms with van der Waals surface area (Å²) in [6.45, 7) is 2.36. The maximum atomic E-state index is 6.27. The Morgan fingerprint density at radius 3 is 1.48 bits per heavy atom. The third kappa shape index (κ3) is 5.69. The molecule has 9 aromatic carbocycles. The minimum Gasteiger partial charge on any atom is -0.456 e. The summed E-state index contributed by atoms with van der Waals surface area (Å²) >= 11 is 0. The highest BCUT2D eigenvalue weighted by atomic mass is 16.3. The predicted molar refractivity (Wildman–Crippen MR) is 261 cm³/mol. The first-order valence-corrected chi connectivity index (χ1v) is 21.8. The maximum absolute atomic E-state index is 6.27. The molecule has 0 amide bonds. The number of hydrogen-bond donors (Lipinski definition) is 0. The lowest BCUT2D eigenvalue weighted by Crippen LogP contribution is -2.22. The Morgan fingerprint density at radius 1 is 0.328 bits per heavy atom. The largest absolute Gasteiger partial charge is 0.456 e. The Bertz CT molecular complexity index is 3670. The van der Waals surface area contributed by atoms with Gasteiger partial charge in [-0.1, -0.05) is 146 Å². The summed E-state index contributed by atoms with van der Waals surface area (Å²) in [4.78, 5) is 10.7. The average molecular weight is 819 g/mol. The van der Waals surface area contributed by atoms with E-state index in [4.69, 9.17) is 18.8 Å². The zero-order chi connectivity index (χ0) is 42.4. The van der Waals surface area contributed by atoms with E-state index in [1.54, 1.807) is 0 Å². The van der Waals surface area contributed by atoms with Crippen molar-refractivity contribution in [1.29, 1.82) is 0 Å². The van der Waals surface area contributed by atoms with Gasteiger partial charge in [0, 0.05) is 43.7 Å². The SMILES string of the molecule is CC1(c2ccccc2)c2ccccc2-c2ccc(-c3cc(-c4cc(-c5ccc6oc7ccccc7c6c5)cc(-c5ccc6oc7ccccc7c6c5)c4)nc(-c4ccccc4)n3)cc21. The zero-order valence-electron chi connectivity index (χ0n) is 34.9. The molecule has 12 aromatic rings. The average Bonchev–Trinajstić information content (AvgIpc) is 4.02. The third-order valence-electron chi connectivity index (χ3n) is 13.4. The molecular weight excluding hydrogens is 781 g/mol. The summed E-state index contributed by atoms with van der Waals surface area (Å²) < 4.78 is 12.5. The molecule has 4 heteroatoms. The second kappa shape index (κ2) is 14.1. The van der Waals surface area contributed by atoms with Gasteiger partial charge in [-0.2, -0.15) is 0 Å². The Kier molecular flexibility index (Phi) is 8.00. The highest BCUT2D eigenvalue weighted by Gasteiger charge is 2.40. The van der Waals surface area contributed by atoms with Crippen molar-refractivity contribution in [2.75, 3.05) is 0 Å². The summed E-state index contributed by atoms with van der Waals surface area (Å²) in [5.41, 5.74) is 18.6. The second-order valence-electron chi connectivity index (χ2n) is 17.0. The van der Waals surface area contributed by atoms with Crippen LogP contribution < -0.4 is 0 Å². The van der Waals surface area contributed by atoms with E-state index in [0.29, 0.717) is 5.82 Å². The topological polar surface area (TPSA) is 52.1 Å². The lowest BCUT2D eigenvalue weighted by molar-refractivity contribution is 0.668. The molecule has 0 spiro atoms.